The predicted molar refractivity (Wildman–Crippen MR) is 131 cm³/mol. The molecule has 1 saturated heterocycles. The van der Waals surface area contributed by atoms with Gasteiger partial charge in [-0.25, -0.2) is 0 Å². The Morgan fingerprint density at radius 3 is 2.71 bits per heavy atom. The Labute approximate surface area is 206 Å². The van der Waals surface area contributed by atoms with Crippen LogP contribution in [0.3, 0.4) is 0 Å². The Bertz CT molecular complexity index is 804. The minimum absolute atomic E-state index is 0.153. The van der Waals surface area contributed by atoms with E-state index in [2.05, 4.69) is 20.9 Å². The molecule has 1 aromatic rings. The fourth-order valence-electron chi connectivity index (χ4n) is 4.81. The molecule has 0 bridgehead atoms. The number of aliphatic hydroxyl groups excluding tert-OH is 1. The molecule has 5 N–H and O–H groups in total. The predicted octanol–water partition coefficient (Wildman–Crippen LogP) is 2.06. The van der Waals surface area contributed by atoms with E-state index in [9.17, 15) is 23.8 Å². The summed E-state index contributed by atoms with van der Waals surface area (Å²) in [5.41, 5.74) is -4.35. The number of carbonyl (C=O) groups is 1. The van der Waals surface area contributed by atoms with Crippen LogP contribution in [0.25, 0.3) is 0 Å². The zero-order chi connectivity index (χ0) is 24.9. The summed E-state index contributed by atoms with van der Waals surface area (Å²) in [5.74, 6) is -0.0847. The fraction of sp³-hybridized carbons (Fsp3) is 0.773. The summed E-state index contributed by atoms with van der Waals surface area (Å²) < 4.78 is 32.2. The number of carbonyl (C=O) groups excluding carboxylic acids is 1. The van der Waals surface area contributed by atoms with Crippen molar-refractivity contribution >= 4 is 26.5 Å². The Kier molecular flexibility index (Phi) is 9.79. The van der Waals surface area contributed by atoms with Gasteiger partial charge in [0.2, 0.25) is 0 Å². The van der Waals surface area contributed by atoms with Crippen LogP contribution in [0.1, 0.15) is 59.7 Å². The highest BCUT2D eigenvalue weighted by Gasteiger charge is 2.42. The molecule has 2 fully saturated rings. The number of thiophene rings is 1. The van der Waals surface area contributed by atoms with Crippen LogP contribution >= 0.6 is 20.6 Å². The summed E-state index contributed by atoms with van der Waals surface area (Å²) in [6.45, 7) is 3.77. The molecule has 8 nitrogen and oxygen atoms in total. The van der Waals surface area contributed by atoms with Gasteiger partial charge in [-0.15, -0.1) is 11.3 Å². The Morgan fingerprint density at radius 1 is 1.35 bits per heavy atom. The Hall–Kier alpha value is -0.780. The monoisotopic (exact) mass is 522 g/mol. The summed E-state index contributed by atoms with van der Waals surface area (Å²) >= 11 is 1.15. The molecule has 0 radical (unpaired) electrons. The van der Waals surface area contributed by atoms with Crippen molar-refractivity contribution in [3.8, 4) is 0 Å². The van der Waals surface area contributed by atoms with E-state index < -0.39 is 23.8 Å². The van der Waals surface area contributed by atoms with Gasteiger partial charge < -0.3 is 25.6 Å². The molecule has 1 amide bonds. The lowest BCUT2D eigenvalue weighted by atomic mass is 9.81. The number of ether oxygens (including phenoxy) is 1. The number of morpholine rings is 1. The highest BCUT2D eigenvalue weighted by Crippen LogP contribution is 2.36. The third kappa shape index (κ3) is 6.91. The SMILES string of the molecule is CNC(NC(O)C(F)(F)P)c1ccc(C(=O)NCC2COCCN2C(C)(O)C2CCCCC2)s1. The first kappa shape index (κ1) is 27.8. The molecule has 1 aromatic heterocycles. The molecular formula is C22H37F2N4O4PS. The molecular weight excluding hydrogens is 485 g/mol. The van der Waals surface area contributed by atoms with Gasteiger partial charge in [0.05, 0.1) is 30.3 Å². The van der Waals surface area contributed by atoms with Crippen molar-refractivity contribution in [2.24, 2.45) is 5.92 Å². The van der Waals surface area contributed by atoms with Crippen molar-refractivity contribution in [3.05, 3.63) is 21.9 Å². The van der Waals surface area contributed by atoms with E-state index in [1.807, 2.05) is 6.92 Å². The van der Waals surface area contributed by atoms with Crippen molar-refractivity contribution in [2.75, 3.05) is 33.4 Å². The molecule has 194 valence electrons. The molecule has 5 atom stereocenters. The highest BCUT2D eigenvalue weighted by atomic mass is 32.1. The van der Waals surface area contributed by atoms with Crippen molar-refractivity contribution in [1.82, 2.24) is 20.9 Å². The molecule has 34 heavy (non-hydrogen) atoms. The number of nitrogens with zero attached hydrogens (tertiary/aromatic N) is 1. The zero-order valence-corrected chi connectivity index (χ0v) is 21.7. The second-order valence-corrected chi connectivity index (χ2v) is 11.1. The minimum Gasteiger partial charge on any atom is -0.378 e. The zero-order valence-electron chi connectivity index (χ0n) is 19.7. The lowest BCUT2D eigenvalue weighted by molar-refractivity contribution is -0.189. The van der Waals surface area contributed by atoms with Gasteiger partial charge in [-0.3, -0.25) is 15.0 Å². The molecule has 1 aliphatic carbocycles. The van der Waals surface area contributed by atoms with E-state index in [1.165, 1.54) is 15.7 Å². The van der Waals surface area contributed by atoms with E-state index in [4.69, 9.17) is 4.74 Å². The lowest BCUT2D eigenvalue weighted by Crippen LogP contribution is -2.63. The number of halogens is 2. The van der Waals surface area contributed by atoms with Gasteiger partial charge in [0.15, 0.2) is 6.23 Å². The first-order valence-corrected chi connectivity index (χ1v) is 13.2. The molecule has 5 unspecified atom stereocenters. The first-order chi connectivity index (χ1) is 16.0. The number of aliphatic hydroxyl groups is 2. The molecule has 0 spiro atoms. The average molecular weight is 523 g/mol. The minimum atomic E-state index is -3.39. The van der Waals surface area contributed by atoms with Crippen LogP contribution < -0.4 is 16.0 Å². The van der Waals surface area contributed by atoms with Gasteiger partial charge in [-0.2, -0.15) is 8.78 Å². The van der Waals surface area contributed by atoms with Gasteiger partial charge >= 0.3 is 0 Å². The standard InChI is InChI=1S/C22H37F2N4O4PS/c1-21(31,14-6-4-3-5-7-14)28-10-11-32-13-15(28)12-26-19(29)17-9-8-16(34-17)18(25-2)27-20(30)22(23,24)33/h8-9,14-15,18,20,25,27,30-31H,3-7,10-13,33H2,1-2H3,(H,26,29). The molecule has 2 aliphatic rings. The summed E-state index contributed by atoms with van der Waals surface area (Å²) in [7, 11) is 2.87. The van der Waals surface area contributed by atoms with Crippen LogP contribution in [0.15, 0.2) is 12.1 Å². The molecule has 3 rings (SSSR count). The second kappa shape index (κ2) is 12.0. The topological polar surface area (TPSA) is 106 Å². The number of hydrogen-bond donors (Lipinski definition) is 5. The second-order valence-electron chi connectivity index (χ2n) is 9.23. The van der Waals surface area contributed by atoms with Crippen LogP contribution in [-0.2, 0) is 4.74 Å². The summed E-state index contributed by atoms with van der Waals surface area (Å²) in [6.07, 6.45) is 2.65. The van der Waals surface area contributed by atoms with Gasteiger partial charge in [0, 0.05) is 23.9 Å². The van der Waals surface area contributed by atoms with Crippen molar-refractivity contribution in [2.45, 2.75) is 68.9 Å². The number of alkyl halides is 2. The van der Waals surface area contributed by atoms with Crippen molar-refractivity contribution < 1.29 is 28.5 Å². The maximum Gasteiger partial charge on any atom is 0.297 e. The fourth-order valence-corrected chi connectivity index (χ4v) is 5.90. The first-order valence-electron chi connectivity index (χ1n) is 11.8. The average Bonchev–Trinajstić information content (AvgIpc) is 3.31. The van der Waals surface area contributed by atoms with Crippen LogP contribution in [0.2, 0.25) is 0 Å². The van der Waals surface area contributed by atoms with Crippen LogP contribution in [0, 0.1) is 5.92 Å². The Morgan fingerprint density at radius 2 is 2.06 bits per heavy atom. The quantitative estimate of drug-likeness (QED) is 0.237. The highest BCUT2D eigenvalue weighted by molar-refractivity contribution is 7.18. The molecule has 0 aromatic carbocycles. The molecule has 12 heteroatoms. The largest absolute Gasteiger partial charge is 0.378 e. The Balaban J connectivity index is 1.60. The molecule has 1 saturated carbocycles. The van der Waals surface area contributed by atoms with Crippen molar-refractivity contribution in [3.63, 3.8) is 0 Å². The van der Waals surface area contributed by atoms with Crippen molar-refractivity contribution in [1.29, 1.82) is 0 Å². The number of rotatable bonds is 10. The van der Waals surface area contributed by atoms with Crippen LogP contribution in [-0.4, -0.2) is 78.0 Å². The summed E-state index contributed by atoms with van der Waals surface area (Å²) in [5, 5.41) is 29.2. The third-order valence-corrected chi connectivity index (χ3v) is 8.26. The number of nitrogens with one attached hydrogen (secondary N) is 3. The summed E-state index contributed by atoms with van der Waals surface area (Å²) in [6, 6.07) is 3.13. The number of hydrogen-bond acceptors (Lipinski definition) is 8. The van der Waals surface area contributed by atoms with E-state index in [0.717, 1.165) is 37.0 Å². The smallest absolute Gasteiger partial charge is 0.297 e. The third-order valence-electron chi connectivity index (χ3n) is 6.80. The van der Waals surface area contributed by atoms with Crippen LogP contribution in [0.4, 0.5) is 8.78 Å². The maximum atomic E-state index is 13.3. The maximum absolute atomic E-state index is 13.3. The van der Waals surface area contributed by atoms with Crippen LogP contribution in [0.5, 0.6) is 0 Å². The van der Waals surface area contributed by atoms with Gasteiger partial charge in [-0.05, 0) is 38.9 Å². The van der Waals surface area contributed by atoms with E-state index in [1.54, 1.807) is 19.2 Å². The molecule has 1 aliphatic heterocycles. The number of amides is 1. The summed E-state index contributed by atoms with van der Waals surface area (Å²) in [4.78, 5) is 15.9. The van der Waals surface area contributed by atoms with Gasteiger partial charge in [0.1, 0.15) is 5.72 Å². The lowest BCUT2D eigenvalue weighted by Gasteiger charge is -2.49. The molecule has 2 heterocycles. The van der Waals surface area contributed by atoms with E-state index in [0.29, 0.717) is 36.1 Å². The van der Waals surface area contributed by atoms with Gasteiger partial charge in [-0.1, -0.05) is 28.5 Å². The van der Waals surface area contributed by atoms with E-state index >= 15 is 0 Å². The van der Waals surface area contributed by atoms with E-state index in [-0.39, 0.29) is 17.9 Å². The van der Waals surface area contributed by atoms with Gasteiger partial charge in [0.25, 0.3) is 11.6 Å². The normalized spacial score (nSPS) is 24.4.